The van der Waals surface area contributed by atoms with Gasteiger partial charge in [-0.25, -0.2) is 9.78 Å². The summed E-state index contributed by atoms with van der Waals surface area (Å²) >= 11 is 0. The van der Waals surface area contributed by atoms with Gasteiger partial charge in [-0.15, -0.1) is 0 Å². The second-order valence-corrected chi connectivity index (χ2v) is 4.48. The highest BCUT2D eigenvalue weighted by atomic mass is 16.5. The summed E-state index contributed by atoms with van der Waals surface area (Å²) in [5.41, 5.74) is 1.01. The van der Waals surface area contributed by atoms with Gasteiger partial charge in [0.25, 0.3) is 0 Å². The number of nitrogens with zero attached hydrogens (tertiary/aromatic N) is 3. The van der Waals surface area contributed by atoms with Crippen molar-refractivity contribution in [1.29, 1.82) is 0 Å². The molecule has 0 aliphatic rings. The summed E-state index contributed by atoms with van der Waals surface area (Å²) in [7, 11) is 3.66. The van der Waals surface area contributed by atoms with Gasteiger partial charge < -0.3 is 14.7 Å². The van der Waals surface area contributed by atoms with Crippen LogP contribution >= 0.6 is 0 Å². The third kappa shape index (κ3) is 3.03. The number of hydrogen-bond acceptors (Lipinski definition) is 5. The van der Waals surface area contributed by atoms with Crippen LogP contribution in [0, 0.1) is 6.92 Å². The van der Waals surface area contributed by atoms with Crippen LogP contribution < -0.4 is 9.64 Å². The smallest absolute Gasteiger partial charge is 0.335 e. The van der Waals surface area contributed by atoms with Gasteiger partial charge in [-0.1, -0.05) is 6.07 Å². The summed E-state index contributed by atoms with van der Waals surface area (Å²) in [6, 6.07) is 6.34. The van der Waals surface area contributed by atoms with Gasteiger partial charge in [-0.3, -0.25) is 0 Å². The Morgan fingerprint density at radius 1 is 1.30 bits per heavy atom. The van der Waals surface area contributed by atoms with Crippen molar-refractivity contribution >= 4 is 11.9 Å². The molecule has 0 fully saturated rings. The van der Waals surface area contributed by atoms with Gasteiger partial charge in [0.1, 0.15) is 5.75 Å². The molecule has 0 amide bonds. The van der Waals surface area contributed by atoms with Crippen molar-refractivity contribution < 1.29 is 14.6 Å². The summed E-state index contributed by atoms with van der Waals surface area (Å²) < 4.78 is 5.65. The maximum atomic E-state index is 11.0. The highest BCUT2D eigenvalue weighted by Gasteiger charge is 2.09. The van der Waals surface area contributed by atoms with Crippen molar-refractivity contribution in [3.05, 3.63) is 41.6 Å². The number of rotatable bonds is 4. The fourth-order valence-electron chi connectivity index (χ4n) is 1.56. The third-order valence-corrected chi connectivity index (χ3v) is 2.67. The standard InChI is InChI=1S/C14H15N3O3/c1-9-4-5-10(13(18)19)8-11(9)20-12-6-7-15-14(16-12)17(2)3/h4-8H,1-3H3,(H,18,19). The molecule has 0 bridgehead atoms. The number of aromatic nitrogens is 2. The van der Waals surface area contributed by atoms with Gasteiger partial charge in [0.2, 0.25) is 11.8 Å². The number of carbonyl (C=O) groups is 1. The average Bonchev–Trinajstić information content (AvgIpc) is 2.41. The Balaban J connectivity index is 2.32. The molecular weight excluding hydrogens is 258 g/mol. The zero-order chi connectivity index (χ0) is 14.7. The number of aromatic carboxylic acids is 1. The molecule has 2 aromatic rings. The van der Waals surface area contributed by atoms with Crippen molar-refractivity contribution in [2.75, 3.05) is 19.0 Å². The second-order valence-electron chi connectivity index (χ2n) is 4.48. The first-order valence-corrected chi connectivity index (χ1v) is 5.99. The van der Waals surface area contributed by atoms with Crippen LogP contribution in [0.1, 0.15) is 15.9 Å². The van der Waals surface area contributed by atoms with Crippen LogP contribution in [-0.4, -0.2) is 35.1 Å². The number of hydrogen-bond donors (Lipinski definition) is 1. The summed E-state index contributed by atoms with van der Waals surface area (Å²) in [6.45, 7) is 1.84. The van der Waals surface area contributed by atoms with E-state index in [9.17, 15) is 4.79 Å². The van der Waals surface area contributed by atoms with E-state index in [1.165, 1.54) is 12.1 Å². The van der Waals surface area contributed by atoms with Crippen molar-refractivity contribution in [1.82, 2.24) is 9.97 Å². The number of carboxylic acid groups (broad SMARTS) is 1. The molecule has 0 radical (unpaired) electrons. The predicted molar refractivity (Wildman–Crippen MR) is 74.6 cm³/mol. The molecule has 0 unspecified atom stereocenters. The van der Waals surface area contributed by atoms with Crippen molar-refractivity contribution in [2.45, 2.75) is 6.92 Å². The Morgan fingerprint density at radius 2 is 2.05 bits per heavy atom. The molecule has 0 atom stereocenters. The number of ether oxygens (including phenoxy) is 1. The Kier molecular flexibility index (Phi) is 3.84. The van der Waals surface area contributed by atoms with Crippen molar-refractivity contribution in [2.24, 2.45) is 0 Å². The largest absolute Gasteiger partial charge is 0.478 e. The fourth-order valence-corrected chi connectivity index (χ4v) is 1.56. The average molecular weight is 273 g/mol. The van der Waals surface area contributed by atoms with Crippen LogP contribution in [0.4, 0.5) is 5.95 Å². The SMILES string of the molecule is Cc1ccc(C(=O)O)cc1Oc1ccnc(N(C)C)n1. The molecule has 1 aromatic heterocycles. The van der Waals surface area contributed by atoms with Crippen LogP contribution in [0.15, 0.2) is 30.5 Å². The molecule has 1 N–H and O–H groups in total. The lowest BCUT2D eigenvalue weighted by molar-refractivity contribution is 0.0696. The van der Waals surface area contributed by atoms with E-state index in [1.807, 2.05) is 21.0 Å². The molecule has 2 rings (SSSR count). The number of carboxylic acids is 1. The van der Waals surface area contributed by atoms with Crippen LogP contribution in [0.2, 0.25) is 0 Å². The van der Waals surface area contributed by atoms with Gasteiger partial charge in [-0.2, -0.15) is 4.98 Å². The molecule has 1 aromatic carbocycles. The molecule has 6 heteroatoms. The Bertz CT molecular complexity index is 641. The topological polar surface area (TPSA) is 75.6 Å². The van der Waals surface area contributed by atoms with Crippen molar-refractivity contribution in [3.63, 3.8) is 0 Å². The minimum Gasteiger partial charge on any atom is -0.478 e. The maximum absolute atomic E-state index is 11.0. The minimum absolute atomic E-state index is 0.174. The van der Waals surface area contributed by atoms with Gasteiger partial charge in [-0.05, 0) is 24.6 Å². The molecule has 0 aliphatic heterocycles. The molecule has 20 heavy (non-hydrogen) atoms. The molecule has 0 aliphatic carbocycles. The normalized spacial score (nSPS) is 10.2. The zero-order valence-corrected chi connectivity index (χ0v) is 11.5. The lowest BCUT2D eigenvalue weighted by Gasteiger charge is -2.12. The molecule has 0 saturated heterocycles. The highest BCUT2D eigenvalue weighted by molar-refractivity contribution is 5.88. The first-order chi connectivity index (χ1) is 9.47. The van der Waals surface area contributed by atoms with Crippen LogP contribution in [0.5, 0.6) is 11.6 Å². The first kappa shape index (κ1) is 13.8. The summed E-state index contributed by atoms with van der Waals surface area (Å²) in [6.07, 6.45) is 1.59. The molecule has 0 spiro atoms. The van der Waals surface area contributed by atoms with Gasteiger partial charge in [0, 0.05) is 26.4 Å². The number of anilines is 1. The highest BCUT2D eigenvalue weighted by Crippen LogP contribution is 2.25. The Labute approximate surface area is 116 Å². The molecule has 6 nitrogen and oxygen atoms in total. The number of benzene rings is 1. The Morgan fingerprint density at radius 3 is 2.70 bits per heavy atom. The van der Waals surface area contributed by atoms with Crippen LogP contribution in [0.25, 0.3) is 0 Å². The van der Waals surface area contributed by atoms with Crippen molar-refractivity contribution in [3.8, 4) is 11.6 Å². The number of aryl methyl sites for hydroxylation is 1. The zero-order valence-electron chi connectivity index (χ0n) is 11.5. The van der Waals surface area contributed by atoms with E-state index < -0.39 is 5.97 Å². The molecular formula is C14H15N3O3. The van der Waals surface area contributed by atoms with Gasteiger partial charge in [0.15, 0.2) is 0 Å². The Hall–Kier alpha value is -2.63. The van der Waals surface area contributed by atoms with Crippen LogP contribution in [0.3, 0.4) is 0 Å². The fraction of sp³-hybridized carbons (Fsp3) is 0.214. The quantitative estimate of drug-likeness (QED) is 0.921. The van der Waals surface area contributed by atoms with E-state index in [4.69, 9.17) is 9.84 Å². The first-order valence-electron chi connectivity index (χ1n) is 5.99. The lowest BCUT2D eigenvalue weighted by atomic mass is 10.1. The van der Waals surface area contributed by atoms with E-state index in [-0.39, 0.29) is 5.56 Å². The van der Waals surface area contributed by atoms with Gasteiger partial charge >= 0.3 is 5.97 Å². The summed E-state index contributed by atoms with van der Waals surface area (Å²) in [5.74, 6) is 0.365. The maximum Gasteiger partial charge on any atom is 0.335 e. The van der Waals surface area contributed by atoms with E-state index in [1.54, 1.807) is 23.2 Å². The second kappa shape index (κ2) is 5.56. The molecule has 1 heterocycles. The monoisotopic (exact) mass is 273 g/mol. The summed E-state index contributed by atoms with van der Waals surface area (Å²) in [4.78, 5) is 21.0. The molecule has 104 valence electrons. The third-order valence-electron chi connectivity index (χ3n) is 2.67. The van der Waals surface area contributed by atoms with E-state index in [2.05, 4.69) is 9.97 Å². The minimum atomic E-state index is -0.994. The lowest BCUT2D eigenvalue weighted by Crippen LogP contribution is -2.12. The van der Waals surface area contributed by atoms with E-state index in [0.717, 1.165) is 5.56 Å². The molecule has 0 saturated carbocycles. The summed E-state index contributed by atoms with van der Waals surface area (Å²) in [5, 5.41) is 9.00. The van der Waals surface area contributed by atoms with E-state index >= 15 is 0 Å². The van der Waals surface area contributed by atoms with Gasteiger partial charge in [0.05, 0.1) is 5.56 Å². The van der Waals surface area contributed by atoms with Crippen LogP contribution in [-0.2, 0) is 0 Å². The predicted octanol–water partition coefficient (Wildman–Crippen LogP) is 2.34. The van der Waals surface area contributed by atoms with E-state index in [0.29, 0.717) is 17.6 Å².